The van der Waals surface area contributed by atoms with Crippen LogP contribution in [0.5, 0.6) is 0 Å². The van der Waals surface area contributed by atoms with Crippen LogP contribution >= 0.6 is 11.6 Å². The van der Waals surface area contributed by atoms with Gasteiger partial charge in [0.1, 0.15) is 0 Å². The van der Waals surface area contributed by atoms with Crippen LogP contribution in [-0.2, 0) is 4.74 Å². The molecule has 2 N–H and O–H groups in total. The quantitative estimate of drug-likeness (QED) is 0.912. The minimum Gasteiger partial charge on any atom is -0.380 e. The summed E-state index contributed by atoms with van der Waals surface area (Å²) in [5.74, 6) is 0. The maximum Gasteiger partial charge on any atom is 0.0622 e. The van der Waals surface area contributed by atoms with Gasteiger partial charge in [-0.25, -0.2) is 0 Å². The van der Waals surface area contributed by atoms with Crippen LogP contribution in [0.4, 0.5) is 0 Å². The summed E-state index contributed by atoms with van der Waals surface area (Å²) in [5, 5.41) is 0.759. The number of nitrogens with zero attached hydrogens (tertiary/aromatic N) is 1. The molecule has 1 heterocycles. The molecular formula is C14H21ClN2O. The topological polar surface area (TPSA) is 38.5 Å². The van der Waals surface area contributed by atoms with E-state index in [0.717, 1.165) is 24.7 Å². The molecule has 0 amide bonds. The van der Waals surface area contributed by atoms with Crippen LogP contribution < -0.4 is 5.73 Å². The van der Waals surface area contributed by atoms with Crippen LogP contribution in [-0.4, -0.2) is 37.2 Å². The van der Waals surface area contributed by atoms with Crippen molar-refractivity contribution in [1.82, 2.24) is 4.90 Å². The second-order valence-electron chi connectivity index (χ2n) is 5.04. The van der Waals surface area contributed by atoms with Crippen molar-refractivity contribution in [3.8, 4) is 0 Å². The third-order valence-electron chi connectivity index (χ3n) is 3.61. The average molecular weight is 269 g/mol. The van der Waals surface area contributed by atoms with Crippen molar-refractivity contribution in [3.05, 3.63) is 34.9 Å². The first-order chi connectivity index (χ1) is 8.59. The zero-order valence-electron chi connectivity index (χ0n) is 11.0. The van der Waals surface area contributed by atoms with Gasteiger partial charge in [-0.3, -0.25) is 4.90 Å². The van der Waals surface area contributed by atoms with E-state index in [0.29, 0.717) is 6.04 Å². The largest absolute Gasteiger partial charge is 0.380 e. The highest BCUT2D eigenvalue weighted by molar-refractivity contribution is 6.30. The monoisotopic (exact) mass is 268 g/mol. The first kappa shape index (κ1) is 13.8. The van der Waals surface area contributed by atoms with Gasteiger partial charge in [-0.15, -0.1) is 0 Å². The summed E-state index contributed by atoms with van der Waals surface area (Å²) in [7, 11) is 2.12. The van der Waals surface area contributed by atoms with E-state index >= 15 is 0 Å². The van der Waals surface area contributed by atoms with Crippen LogP contribution in [0.2, 0.25) is 5.02 Å². The standard InChI is InChI=1S/C14H21ClN2O/c1-10(16)14(11-4-3-5-12(15)8-11)17(2)13-6-7-18-9-13/h3-5,8,10,13-14H,6-7,9,16H2,1-2H3. The molecule has 1 saturated heterocycles. The van der Waals surface area contributed by atoms with E-state index in [1.807, 2.05) is 25.1 Å². The molecular weight excluding hydrogens is 248 g/mol. The van der Waals surface area contributed by atoms with Gasteiger partial charge in [0, 0.05) is 29.8 Å². The lowest BCUT2D eigenvalue weighted by molar-refractivity contribution is 0.123. The molecule has 1 aromatic carbocycles. The van der Waals surface area contributed by atoms with E-state index in [1.165, 1.54) is 5.56 Å². The molecule has 18 heavy (non-hydrogen) atoms. The Morgan fingerprint density at radius 1 is 1.50 bits per heavy atom. The first-order valence-electron chi connectivity index (χ1n) is 6.40. The summed E-state index contributed by atoms with van der Waals surface area (Å²) >= 11 is 6.07. The number of hydrogen-bond acceptors (Lipinski definition) is 3. The molecule has 3 unspecified atom stereocenters. The molecule has 0 bridgehead atoms. The number of hydrogen-bond donors (Lipinski definition) is 1. The van der Waals surface area contributed by atoms with Gasteiger partial charge in [-0.05, 0) is 38.1 Å². The maximum atomic E-state index is 6.16. The molecule has 1 aromatic rings. The molecule has 100 valence electrons. The fourth-order valence-corrected chi connectivity index (χ4v) is 2.87. The number of rotatable bonds is 4. The highest BCUT2D eigenvalue weighted by Crippen LogP contribution is 2.28. The number of halogens is 1. The van der Waals surface area contributed by atoms with Gasteiger partial charge >= 0.3 is 0 Å². The molecule has 3 atom stereocenters. The molecule has 1 fully saturated rings. The summed E-state index contributed by atoms with van der Waals surface area (Å²) in [6.45, 7) is 3.67. The predicted octanol–water partition coefficient (Wildman–Crippen LogP) is 2.45. The van der Waals surface area contributed by atoms with Crippen LogP contribution in [0.1, 0.15) is 24.9 Å². The summed E-state index contributed by atoms with van der Waals surface area (Å²) in [6.07, 6.45) is 1.07. The summed E-state index contributed by atoms with van der Waals surface area (Å²) in [5.41, 5.74) is 7.33. The Balaban J connectivity index is 2.22. The Morgan fingerprint density at radius 3 is 2.83 bits per heavy atom. The Kier molecular flexibility index (Phi) is 4.62. The first-order valence-corrected chi connectivity index (χ1v) is 6.78. The van der Waals surface area contributed by atoms with Crippen molar-refractivity contribution in [2.45, 2.75) is 31.5 Å². The van der Waals surface area contributed by atoms with Crippen LogP contribution in [0.3, 0.4) is 0 Å². The molecule has 0 spiro atoms. The number of ether oxygens (including phenoxy) is 1. The van der Waals surface area contributed by atoms with Crippen molar-refractivity contribution in [2.75, 3.05) is 20.3 Å². The van der Waals surface area contributed by atoms with Crippen molar-refractivity contribution < 1.29 is 4.74 Å². The molecule has 3 nitrogen and oxygen atoms in total. The van der Waals surface area contributed by atoms with Gasteiger partial charge in [0.15, 0.2) is 0 Å². The third-order valence-corrected chi connectivity index (χ3v) is 3.84. The highest BCUT2D eigenvalue weighted by atomic mass is 35.5. The lowest BCUT2D eigenvalue weighted by Gasteiger charge is -2.35. The maximum absolute atomic E-state index is 6.16. The second kappa shape index (κ2) is 6.02. The Hall–Kier alpha value is -0.610. The van der Waals surface area contributed by atoms with E-state index in [4.69, 9.17) is 22.1 Å². The van der Waals surface area contributed by atoms with E-state index in [-0.39, 0.29) is 12.1 Å². The molecule has 0 aromatic heterocycles. The minimum atomic E-state index is 0.0501. The van der Waals surface area contributed by atoms with E-state index in [2.05, 4.69) is 18.0 Å². The van der Waals surface area contributed by atoms with Gasteiger partial charge in [-0.1, -0.05) is 23.7 Å². The summed E-state index contributed by atoms with van der Waals surface area (Å²) in [4.78, 5) is 2.32. The van der Waals surface area contributed by atoms with Gasteiger partial charge in [-0.2, -0.15) is 0 Å². The van der Waals surface area contributed by atoms with Gasteiger partial charge < -0.3 is 10.5 Å². The Morgan fingerprint density at radius 2 is 2.28 bits per heavy atom. The zero-order valence-corrected chi connectivity index (χ0v) is 11.7. The van der Waals surface area contributed by atoms with Crippen LogP contribution in [0.25, 0.3) is 0 Å². The van der Waals surface area contributed by atoms with Crippen molar-refractivity contribution in [2.24, 2.45) is 5.73 Å². The van der Waals surface area contributed by atoms with Crippen LogP contribution in [0, 0.1) is 0 Å². The minimum absolute atomic E-state index is 0.0501. The lowest BCUT2D eigenvalue weighted by atomic mass is 9.98. The Labute approximate surface area is 114 Å². The van der Waals surface area contributed by atoms with Crippen molar-refractivity contribution >= 4 is 11.6 Å². The second-order valence-corrected chi connectivity index (χ2v) is 5.48. The fourth-order valence-electron chi connectivity index (χ4n) is 2.67. The van der Waals surface area contributed by atoms with E-state index in [1.54, 1.807) is 0 Å². The Bertz CT molecular complexity index is 391. The molecule has 0 radical (unpaired) electrons. The number of nitrogens with two attached hydrogens (primary N) is 1. The normalized spacial score (nSPS) is 23.3. The smallest absolute Gasteiger partial charge is 0.0622 e. The molecule has 2 rings (SSSR count). The number of likely N-dealkylation sites (N-methyl/N-ethyl adjacent to an activating group) is 1. The zero-order chi connectivity index (χ0) is 13.1. The van der Waals surface area contributed by atoms with Crippen molar-refractivity contribution in [1.29, 1.82) is 0 Å². The highest BCUT2D eigenvalue weighted by Gasteiger charge is 2.29. The van der Waals surface area contributed by atoms with E-state index < -0.39 is 0 Å². The van der Waals surface area contributed by atoms with Crippen LogP contribution in [0.15, 0.2) is 24.3 Å². The molecule has 1 aliphatic heterocycles. The molecule has 1 aliphatic rings. The molecule has 0 saturated carbocycles. The van der Waals surface area contributed by atoms with Crippen molar-refractivity contribution in [3.63, 3.8) is 0 Å². The molecule has 4 heteroatoms. The lowest BCUT2D eigenvalue weighted by Crippen LogP contribution is -2.43. The average Bonchev–Trinajstić information content (AvgIpc) is 2.82. The summed E-state index contributed by atoms with van der Waals surface area (Å²) < 4.78 is 5.46. The van der Waals surface area contributed by atoms with Gasteiger partial charge in [0.2, 0.25) is 0 Å². The number of benzene rings is 1. The third kappa shape index (κ3) is 3.04. The SMILES string of the molecule is CC(N)C(c1cccc(Cl)c1)N(C)C1CCOC1. The predicted molar refractivity (Wildman–Crippen MR) is 74.8 cm³/mol. The molecule has 0 aliphatic carbocycles. The van der Waals surface area contributed by atoms with Gasteiger partial charge in [0.05, 0.1) is 6.61 Å². The van der Waals surface area contributed by atoms with Gasteiger partial charge in [0.25, 0.3) is 0 Å². The summed E-state index contributed by atoms with van der Waals surface area (Å²) in [6, 6.07) is 8.63. The fraction of sp³-hybridized carbons (Fsp3) is 0.571. The van der Waals surface area contributed by atoms with E-state index in [9.17, 15) is 0 Å².